The first-order chi connectivity index (χ1) is 7.90. The average molecular weight is 207 g/mol. The predicted octanol–water partition coefficient (Wildman–Crippen LogP) is 2.99. The van der Waals surface area contributed by atoms with Gasteiger partial charge in [0.2, 0.25) is 0 Å². The smallest absolute Gasteiger partial charge is 0.0767 e. The van der Waals surface area contributed by atoms with Crippen LogP contribution in [0.1, 0.15) is 6.42 Å². The molecule has 78 valence electrons. The van der Waals surface area contributed by atoms with Crippen LogP contribution in [0.25, 0.3) is 0 Å². The normalized spacial score (nSPS) is 41.5. The van der Waals surface area contributed by atoms with E-state index >= 15 is 0 Å². The van der Waals surface area contributed by atoms with Crippen molar-refractivity contribution in [3.8, 4) is 0 Å². The maximum absolute atomic E-state index is 4.87. The Labute approximate surface area is 95.3 Å². The highest BCUT2D eigenvalue weighted by Crippen LogP contribution is 2.52. The minimum atomic E-state index is 0.0638. The summed E-state index contributed by atoms with van der Waals surface area (Å²) in [5, 5.41) is 0. The van der Waals surface area contributed by atoms with Crippen molar-refractivity contribution in [1.29, 1.82) is 0 Å². The molecular formula is C15H13N. The summed E-state index contributed by atoms with van der Waals surface area (Å²) < 4.78 is 0. The molecule has 0 aromatic carbocycles. The topological polar surface area (TPSA) is 12.4 Å². The van der Waals surface area contributed by atoms with Crippen molar-refractivity contribution < 1.29 is 0 Å². The molecule has 0 bridgehead atoms. The molecular weight excluding hydrogens is 194 g/mol. The van der Waals surface area contributed by atoms with Crippen LogP contribution in [0.2, 0.25) is 0 Å². The predicted molar refractivity (Wildman–Crippen MR) is 66.4 cm³/mol. The van der Waals surface area contributed by atoms with Crippen molar-refractivity contribution in [2.24, 2.45) is 16.3 Å². The van der Waals surface area contributed by atoms with Gasteiger partial charge in [-0.25, -0.2) is 0 Å². The Morgan fingerprint density at radius 3 is 3.19 bits per heavy atom. The third-order valence-electron chi connectivity index (χ3n) is 4.09. The number of rotatable bonds is 0. The van der Waals surface area contributed by atoms with E-state index in [1.165, 1.54) is 11.3 Å². The Bertz CT molecular complexity index is 528. The van der Waals surface area contributed by atoms with E-state index in [1.807, 2.05) is 0 Å². The van der Waals surface area contributed by atoms with E-state index in [9.17, 15) is 0 Å². The summed E-state index contributed by atoms with van der Waals surface area (Å²) >= 11 is 0. The van der Waals surface area contributed by atoms with E-state index in [-0.39, 0.29) is 5.41 Å². The molecule has 4 rings (SSSR count). The summed E-state index contributed by atoms with van der Waals surface area (Å²) in [6, 6.07) is 0.354. The summed E-state index contributed by atoms with van der Waals surface area (Å²) in [7, 11) is 0. The van der Waals surface area contributed by atoms with Crippen LogP contribution in [-0.4, -0.2) is 11.8 Å². The summed E-state index contributed by atoms with van der Waals surface area (Å²) in [6.45, 7) is 0. The first-order valence-electron chi connectivity index (χ1n) is 5.89. The van der Waals surface area contributed by atoms with Crippen LogP contribution in [-0.2, 0) is 0 Å². The summed E-state index contributed by atoms with van der Waals surface area (Å²) in [5.41, 5.74) is 2.83. The molecule has 0 N–H and O–H groups in total. The van der Waals surface area contributed by atoms with Crippen LogP contribution in [0.3, 0.4) is 0 Å². The van der Waals surface area contributed by atoms with Gasteiger partial charge in [-0.3, -0.25) is 4.99 Å². The molecule has 0 saturated heterocycles. The molecule has 3 unspecified atom stereocenters. The molecule has 0 amide bonds. The number of nitrogens with zero attached hydrogens (tertiary/aromatic N) is 1. The molecule has 0 aromatic heterocycles. The van der Waals surface area contributed by atoms with E-state index in [2.05, 4.69) is 54.7 Å². The van der Waals surface area contributed by atoms with Gasteiger partial charge in [0.05, 0.1) is 17.2 Å². The van der Waals surface area contributed by atoms with Crippen LogP contribution < -0.4 is 0 Å². The Kier molecular flexibility index (Phi) is 1.45. The zero-order valence-corrected chi connectivity index (χ0v) is 9.01. The van der Waals surface area contributed by atoms with Crippen molar-refractivity contribution in [3.63, 3.8) is 0 Å². The van der Waals surface area contributed by atoms with Gasteiger partial charge in [0.15, 0.2) is 0 Å². The van der Waals surface area contributed by atoms with Crippen LogP contribution in [0.15, 0.2) is 65.2 Å². The van der Waals surface area contributed by atoms with Gasteiger partial charge in [-0.2, -0.15) is 0 Å². The summed E-state index contributed by atoms with van der Waals surface area (Å²) in [5.74, 6) is 0.540. The van der Waals surface area contributed by atoms with Crippen LogP contribution in [0, 0.1) is 11.3 Å². The van der Waals surface area contributed by atoms with Crippen LogP contribution >= 0.6 is 0 Å². The number of allylic oxidation sites excluding steroid dienone is 8. The number of hydrogen-bond acceptors (Lipinski definition) is 1. The van der Waals surface area contributed by atoms with Gasteiger partial charge >= 0.3 is 0 Å². The molecule has 0 aromatic rings. The lowest BCUT2D eigenvalue weighted by Gasteiger charge is -2.38. The van der Waals surface area contributed by atoms with E-state index < -0.39 is 0 Å². The number of aliphatic imine (C=N–C) groups is 1. The molecule has 0 radical (unpaired) electrons. The van der Waals surface area contributed by atoms with Gasteiger partial charge in [-0.15, -0.1) is 0 Å². The molecule has 0 saturated carbocycles. The fourth-order valence-electron chi connectivity index (χ4n) is 3.43. The van der Waals surface area contributed by atoms with Crippen LogP contribution in [0.4, 0.5) is 0 Å². The quantitative estimate of drug-likeness (QED) is 0.541. The molecule has 1 nitrogen and oxygen atoms in total. The fraction of sp³-hybridized carbons (Fsp3) is 0.267. The lowest BCUT2D eigenvalue weighted by atomic mass is 9.62. The SMILES string of the molecule is C1=CC2=NC3C=CC=C4CC=CC2(C=C1)C43. The first kappa shape index (κ1) is 8.51. The largest absolute Gasteiger partial charge is 0.280 e. The molecule has 1 aliphatic heterocycles. The molecule has 1 heterocycles. The fourth-order valence-corrected chi connectivity index (χ4v) is 3.43. The van der Waals surface area contributed by atoms with Crippen LogP contribution in [0.5, 0.6) is 0 Å². The first-order valence-corrected chi connectivity index (χ1v) is 5.89. The van der Waals surface area contributed by atoms with Crippen molar-refractivity contribution >= 4 is 5.71 Å². The second-order valence-electron chi connectivity index (χ2n) is 4.87. The third-order valence-corrected chi connectivity index (χ3v) is 4.09. The van der Waals surface area contributed by atoms with E-state index in [0.717, 1.165) is 6.42 Å². The summed E-state index contributed by atoms with van der Waals surface area (Å²) in [4.78, 5) is 4.87. The molecule has 3 aliphatic carbocycles. The Hall–Kier alpha value is -1.63. The van der Waals surface area contributed by atoms with E-state index in [0.29, 0.717) is 12.0 Å². The maximum Gasteiger partial charge on any atom is 0.0767 e. The lowest BCUT2D eigenvalue weighted by Crippen LogP contribution is -2.37. The second kappa shape index (κ2) is 2.73. The Morgan fingerprint density at radius 1 is 1.19 bits per heavy atom. The van der Waals surface area contributed by atoms with Gasteiger partial charge < -0.3 is 0 Å². The minimum absolute atomic E-state index is 0.0638. The monoisotopic (exact) mass is 207 g/mol. The molecule has 16 heavy (non-hydrogen) atoms. The highest BCUT2D eigenvalue weighted by molar-refractivity contribution is 6.06. The van der Waals surface area contributed by atoms with Crippen molar-refractivity contribution in [2.45, 2.75) is 12.5 Å². The van der Waals surface area contributed by atoms with Gasteiger partial charge in [0.25, 0.3) is 0 Å². The van der Waals surface area contributed by atoms with Gasteiger partial charge in [-0.05, 0) is 12.5 Å². The number of hydrogen-bond donors (Lipinski definition) is 0. The zero-order valence-electron chi connectivity index (χ0n) is 9.01. The minimum Gasteiger partial charge on any atom is -0.280 e. The third kappa shape index (κ3) is 0.850. The molecule has 0 fully saturated rings. The average Bonchev–Trinajstić information content (AvgIpc) is 2.66. The zero-order chi connectivity index (χ0) is 10.6. The highest BCUT2D eigenvalue weighted by atomic mass is 14.9. The highest BCUT2D eigenvalue weighted by Gasteiger charge is 2.50. The molecule has 3 atom stereocenters. The van der Waals surface area contributed by atoms with Gasteiger partial charge in [0, 0.05) is 5.92 Å². The molecule has 4 aliphatic rings. The maximum atomic E-state index is 4.87. The van der Waals surface area contributed by atoms with Gasteiger partial charge in [0.1, 0.15) is 0 Å². The van der Waals surface area contributed by atoms with E-state index in [4.69, 9.17) is 4.99 Å². The van der Waals surface area contributed by atoms with E-state index in [1.54, 1.807) is 0 Å². The Balaban J connectivity index is 1.99. The second-order valence-corrected chi connectivity index (χ2v) is 4.87. The lowest BCUT2D eigenvalue weighted by molar-refractivity contribution is 0.427. The van der Waals surface area contributed by atoms with Crippen molar-refractivity contribution in [2.75, 3.05) is 0 Å². The standard InChI is InChI=1S/C15H13N/c1-2-9-15-10-4-6-11-5-3-7-12(14(11)15)16-13(15)8-1/h1-5,7-10,12,14H,6H2. The summed E-state index contributed by atoms with van der Waals surface area (Å²) in [6.07, 6.45) is 21.2. The Morgan fingerprint density at radius 2 is 2.19 bits per heavy atom. The molecule has 1 heteroatoms. The van der Waals surface area contributed by atoms with Crippen molar-refractivity contribution in [3.05, 3.63) is 60.3 Å². The van der Waals surface area contributed by atoms with Gasteiger partial charge in [-0.1, -0.05) is 54.2 Å². The molecule has 1 spiro atoms. The van der Waals surface area contributed by atoms with Crippen molar-refractivity contribution in [1.82, 2.24) is 0 Å².